The standard InChI is InChI=1S/C23H47N5O2/c1-6-8-10-12-14-16-18-24-21-26-22(4,5)28-23(27-21,30-20(3)29)25-19-17-15-13-11-9-7-2/h25,28H,6-19H2,1-5H3,(H2,24,26,27). The fraction of sp³-hybridized carbons (Fsp3) is 0.913. The molecule has 0 fully saturated rings. The highest BCUT2D eigenvalue weighted by Gasteiger charge is 2.43. The molecule has 0 amide bonds. The number of unbranched alkanes of at least 4 members (excludes halogenated alkanes) is 10. The van der Waals surface area contributed by atoms with Gasteiger partial charge in [0.05, 0.1) is 0 Å². The number of ether oxygens (including phenoxy) is 1. The first-order chi connectivity index (χ1) is 14.3. The number of nitrogens with zero attached hydrogens (tertiary/aromatic N) is 1. The molecule has 0 aromatic carbocycles. The molecule has 0 saturated heterocycles. The first-order valence-corrected chi connectivity index (χ1v) is 12.2. The minimum atomic E-state index is -1.15. The van der Waals surface area contributed by atoms with Crippen LogP contribution in [0.1, 0.15) is 112 Å². The largest absolute Gasteiger partial charge is 0.411 e. The van der Waals surface area contributed by atoms with Crippen LogP contribution in [-0.2, 0) is 9.53 Å². The Kier molecular flexibility index (Phi) is 13.0. The second-order valence-corrected chi connectivity index (χ2v) is 8.93. The fourth-order valence-corrected chi connectivity index (χ4v) is 3.72. The SMILES string of the molecule is CCCCCCCCNC1=NC(C)(C)NC(NCCCCCCCC)(OC(C)=O)N1. The number of guanidine groups is 1. The van der Waals surface area contributed by atoms with E-state index in [1.165, 1.54) is 71.1 Å². The van der Waals surface area contributed by atoms with Crippen LogP contribution in [0.15, 0.2) is 4.99 Å². The lowest BCUT2D eigenvalue weighted by Gasteiger charge is -2.44. The van der Waals surface area contributed by atoms with Crippen molar-refractivity contribution in [3.63, 3.8) is 0 Å². The number of hydrogen-bond acceptors (Lipinski definition) is 7. The highest BCUT2D eigenvalue weighted by Crippen LogP contribution is 2.16. The van der Waals surface area contributed by atoms with Crippen LogP contribution in [0.5, 0.6) is 0 Å². The highest BCUT2D eigenvalue weighted by atomic mass is 16.6. The summed E-state index contributed by atoms with van der Waals surface area (Å²) in [4.78, 5) is 16.5. The van der Waals surface area contributed by atoms with Crippen molar-refractivity contribution in [2.75, 3.05) is 13.1 Å². The van der Waals surface area contributed by atoms with E-state index in [-0.39, 0.29) is 5.97 Å². The summed E-state index contributed by atoms with van der Waals surface area (Å²) >= 11 is 0. The maximum absolute atomic E-state index is 11.8. The number of carbonyl (C=O) groups is 1. The van der Waals surface area contributed by atoms with Crippen LogP contribution in [-0.4, -0.2) is 36.7 Å². The summed E-state index contributed by atoms with van der Waals surface area (Å²) in [6.07, 6.45) is 14.8. The smallest absolute Gasteiger partial charge is 0.307 e. The van der Waals surface area contributed by atoms with E-state index < -0.39 is 11.6 Å². The van der Waals surface area contributed by atoms with Gasteiger partial charge in [0.15, 0.2) is 5.96 Å². The van der Waals surface area contributed by atoms with Crippen LogP contribution in [0.3, 0.4) is 0 Å². The lowest BCUT2D eigenvalue weighted by atomic mass is 10.1. The number of aliphatic imine (C=N–C) groups is 1. The molecule has 0 saturated carbocycles. The van der Waals surface area contributed by atoms with Crippen molar-refractivity contribution in [3.8, 4) is 0 Å². The van der Waals surface area contributed by atoms with Crippen molar-refractivity contribution in [1.29, 1.82) is 0 Å². The van der Waals surface area contributed by atoms with Crippen LogP contribution in [0.25, 0.3) is 0 Å². The van der Waals surface area contributed by atoms with Gasteiger partial charge in [-0.25, -0.2) is 15.6 Å². The van der Waals surface area contributed by atoms with E-state index in [2.05, 4.69) is 35.1 Å². The van der Waals surface area contributed by atoms with Crippen LogP contribution in [0.2, 0.25) is 0 Å². The van der Waals surface area contributed by atoms with Gasteiger partial charge in [-0.2, -0.15) is 0 Å². The Balaban J connectivity index is 2.55. The summed E-state index contributed by atoms with van der Waals surface area (Å²) in [5.41, 5.74) is -0.571. The first kappa shape index (κ1) is 26.7. The zero-order valence-corrected chi connectivity index (χ0v) is 20.2. The minimum Gasteiger partial charge on any atom is -0.411 e. The van der Waals surface area contributed by atoms with Crippen molar-refractivity contribution in [3.05, 3.63) is 0 Å². The van der Waals surface area contributed by atoms with E-state index in [1.54, 1.807) is 0 Å². The number of esters is 1. The summed E-state index contributed by atoms with van der Waals surface area (Å²) in [5.74, 6) is -0.841. The maximum Gasteiger partial charge on any atom is 0.307 e. The number of nitrogens with one attached hydrogen (secondary N) is 4. The van der Waals surface area contributed by atoms with Crippen molar-refractivity contribution < 1.29 is 9.53 Å². The molecule has 0 aliphatic carbocycles. The molecule has 0 spiro atoms. The third-order valence-electron chi connectivity index (χ3n) is 5.19. The van der Waals surface area contributed by atoms with E-state index in [0.29, 0.717) is 5.96 Å². The molecule has 30 heavy (non-hydrogen) atoms. The minimum absolute atomic E-state index is 0.349. The molecule has 4 N–H and O–H groups in total. The van der Waals surface area contributed by atoms with Gasteiger partial charge in [-0.05, 0) is 26.7 Å². The monoisotopic (exact) mass is 425 g/mol. The Morgan fingerprint density at radius 3 is 2.00 bits per heavy atom. The molecular weight excluding hydrogens is 378 g/mol. The lowest BCUT2D eigenvalue weighted by molar-refractivity contribution is -0.173. The van der Waals surface area contributed by atoms with E-state index in [1.807, 2.05) is 13.8 Å². The number of hydrogen-bond donors (Lipinski definition) is 4. The Morgan fingerprint density at radius 1 is 0.900 bits per heavy atom. The maximum atomic E-state index is 11.8. The van der Waals surface area contributed by atoms with Gasteiger partial charge in [0, 0.05) is 20.0 Å². The summed E-state index contributed by atoms with van der Waals surface area (Å²) in [6.45, 7) is 11.4. The van der Waals surface area contributed by atoms with E-state index in [9.17, 15) is 4.79 Å². The molecule has 1 atom stereocenters. The second kappa shape index (κ2) is 14.6. The second-order valence-electron chi connectivity index (χ2n) is 8.93. The van der Waals surface area contributed by atoms with Gasteiger partial charge >= 0.3 is 11.9 Å². The average Bonchev–Trinajstić information content (AvgIpc) is 2.64. The molecule has 7 heteroatoms. The van der Waals surface area contributed by atoms with Crippen LogP contribution < -0.4 is 21.3 Å². The molecule has 1 heterocycles. The summed E-state index contributed by atoms with van der Waals surface area (Å²) < 4.78 is 5.67. The Hall–Kier alpha value is -1.34. The Labute approximate surface area is 184 Å². The Morgan fingerprint density at radius 2 is 1.43 bits per heavy atom. The number of rotatable bonds is 16. The van der Waals surface area contributed by atoms with Gasteiger partial charge in [0.1, 0.15) is 5.66 Å². The van der Waals surface area contributed by atoms with Crippen LogP contribution in [0.4, 0.5) is 0 Å². The molecule has 0 radical (unpaired) electrons. The average molecular weight is 426 g/mol. The number of carbonyl (C=O) groups excluding carboxylic acids is 1. The third kappa shape index (κ3) is 11.7. The van der Waals surface area contributed by atoms with Crippen LogP contribution in [0, 0.1) is 0 Å². The highest BCUT2D eigenvalue weighted by molar-refractivity contribution is 5.82. The quantitative estimate of drug-likeness (QED) is 0.167. The molecule has 0 aromatic heterocycles. The molecule has 7 nitrogen and oxygen atoms in total. The molecule has 1 aliphatic rings. The van der Waals surface area contributed by atoms with Gasteiger partial charge in [-0.15, -0.1) is 0 Å². The summed E-state index contributed by atoms with van der Waals surface area (Å²) in [5, 5.41) is 13.3. The molecule has 0 bridgehead atoms. The van der Waals surface area contributed by atoms with Crippen LogP contribution >= 0.6 is 0 Å². The topological polar surface area (TPSA) is 86.8 Å². The predicted molar refractivity (Wildman–Crippen MR) is 125 cm³/mol. The third-order valence-corrected chi connectivity index (χ3v) is 5.19. The molecular formula is C23H47N5O2. The lowest BCUT2D eigenvalue weighted by Crippen LogP contribution is -2.77. The van der Waals surface area contributed by atoms with Crippen molar-refractivity contribution in [2.45, 2.75) is 123 Å². The summed E-state index contributed by atoms with van der Waals surface area (Å²) in [6, 6.07) is 0. The molecule has 176 valence electrons. The van der Waals surface area contributed by atoms with Crippen molar-refractivity contribution in [1.82, 2.24) is 21.3 Å². The molecule has 1 rings (SSSR count). The van der Waals surface area contributed by atoms with E-state index in [4.69, 9.17) is 9.73 Å². The molecule has 1 unspecified atom stereocenters. The summed E-state index contributed by atoms with van der Waals surface area (Å²) in [7, 11) is 0. The fourth-order valence-electron chi connectivity index (χ4n) is 3.72. The zero-order valence-electron chi connectivity index (χ0n) is 20.2. The van der Waals surface area contributed by atoms with Gasteiger partial charge < -0.3 is 10.1 Å². The Bertz CT molecular complexity index is 510. The molecule has 1 aliphatic heterocycles. The van der Waals surface area contributed by atoms with Gasteiger partial charge in [-0.3, -0.25) is 10.1 Å². The van der Waals surface area contributed by atoms with Gasteiger partial charge in [-0.1, -0.05) is 78.1 Å². The first-order valence-electron chi connectivity index (χ1n) is 12.2. The normalized spacial score (nSPS) is 20.4. The van der Waals surface area contributed by atoms with Gasteiger partial charge in [0.25, 0.3) is 0 Å². The van der Waals surface area contributed by atoms with Crippen molar-refractivity contribution >= 4 is 11.9 Å². The van der Waals surface area contributed by atoms with E-state index >= 15 is 0 Å². The molecule has 0 aromatic rings. The van der Waals surface area contributed by atoms with Gasteiger partial charge in [0.2, 0.25) is 0 Å². The zero-order chi connectivity index (χ0) is 22.3. The van der Waals surface area contributed by atoms with E-state index in [0.717, 1.165) is 25.9 Å². The van der Waals surface area contributed by atoms with Crippen molar-refractivity contribution in [2.24, 2.45) is 4.99 Å². The predicted octanol–water partition coefficient (Wildman–Crippen LogP) is 4.35.